The summed E-state index contributed by atoms with van der Waals surface area (Å²) in [4.78, 5) is 0. The first-order valence-electron chi connectivity index (χ1n) is 26.9. The quantitative estimate of drug-likeness (QED) is 0.116. The second-order valence-corrected chi connectivity index (χ2v) is 10.9. The minimum absolute atomic E-state index is 0.0187. The molecule has 0 saturated heterocycles. The molecule has 0 heteroatoms. The predicted molar refractivity (Wildman–Crippen MR) is 209 cm³/mol. The van der Waals surface area contributed by atoms with Crippen LogP contribution in [0, 0.1) is 0 Å². The van der Waals surface area contributed by atoms with E-state index >= 15 is 0 Å². The summed E-state index contributed by atoms with van der Waals surface area (Å²) in [5.74, 6) is 0. The van der Waals surface area contributed by atoms with E-state index in [1.165, 1.54) is 13.8 Å². The van der Waals surface area contributed by atoms with Crippen molar-refractivity contribution in [1.29, 1.82) is 0 Å². The molecule has 0 aromatic heterocycles. The molecule has 6 aromatic carbocycles. The lowest BCUT2D eigenvalue weighted by atomic mass is 9.67. The normalized spacial score (nSPS) is 24.0. The summed E-state index contributed by atoms with van der Waals surface area (Å²) in [5.41, 5.74) is -6.54. The Hall–Kier alpha value is -5.72. The molecular formula is C47H38. The standard InChI is InChI=1S/C47H38/c1-7-14-31(9-3)37-27-29-44-46-40(37)18-13-19-41(46)42-30-36(25-28-43(42)47(44,5)6)33(15-8-2)21-23-35-22-20-32(10-4)45-38-17-12-11-16-34(38)24-26-39(35)45/h7-30H,1-4H2,5-6H3/b23-21+,31-14+,33-15+/i1D,2D,3D,4D,7D,8D,9D,10D,11D,12D,13D,14D,15D,18D,19D,20D,21D,22D,24D,25D,26D,27D,28D,29D,30D/b7-1?,8-2?,9-3?,10-4?,23-21+,31-14+,33-15+. The number of hydrogen-bond donors (Lipinski definition) is 0. The molecule has 0 nitrogen and oxygen atoms in total. The Morgan fingerprint density at radius 3 is 2.38 bits per heavy atom. The summed E-state index contributed by atoms with van der Waals surface area (Å²) in [6, 6.07) is -13.2. The molecule has 7 rings (SSSR count). The number of benzene rings is 6. The summed E-state index contributed by atoms with van der Waals surface area (Å²) >= 11 is 0. The van der Waals surface area contributed by atoms with Gasteiger partial charge in [0.05, 0.1) is 34.3 Å². The predicted octanol–water partition coefficient (Wildman–Crippen LogP) is 13.1. The van der Waals surface area contributed by atoms with E-state index in [-0.39, 0.29) is 55.7 Å². The maximum Gasteiger partial charge on any atom is 0.0636 e. The third-order valence-corrected chi connectivity index (χ3v) is 8.03. The zero-order chi connectivity index (χ0) is 53.8. The molecule has 0 N–H and O–H groups in total. The molecule has 0 heterocycles. The Labute approximate surface area is 313 Å². The topological polar surface area (TPSA) is 0 Å². The summed E-state index contributed by atoms with van der Waals surface area (Å²) in [6.07, 6.45) is 0.836. The van der Waals surface area contributed by atoms with Crippen LogP contribution >= 0.6 is 0 Å². The van der Waals surface area contributed by atoms with E-state index in [0.29, 0.717) is 26.2 Å². The van der Waals surface area contributed by atoms with E-state index in [1.807, 2.05) is 0 Å². The van der Waals surface area contributed by atoms with Gasteiger partial charge in [-0.05, 0) is 94.0 Å². The van der Waals surface area contributed by atoms with Crippen LogP contribution in [0.4, 0.5) is 0 Å². The van der Waals surface area contributed by atoms with Crippen LogP contribution in [0.5, 0.6) is 0 Å². The molecule has 0 radical (unpaired) electrons. The average molecular weight is 628 g/mol. The van der Waals surface area contributed by atoms with Crippen molar-refractivity contribution in [2.45, 2.75) is 19.3 Å². The number of allylic oxidation sites excluding steroid dienone is 8. The van der Waals surface area contributed by atoms with Gasteiger partial charge in [-0.2, -0.15) is 0 Å². The van der Waals surface area contributed by atoms with Crippen LogP contribution in [0.2, 0.25) is 0 Å². The van der Waals surface area contributed by atoms with E-state index in [1.54, 1.807) is 0 Å². The molecule has 0 fully saturated rings. The third-order valence-electron chi connectivity index (χ3n) is 8.03. The molecule has 6 aromatic rings. The molecule has 0 atom stereocenters. The van der Waals surface area contributed by atoms with Crippen molar-refractivity contribution in [3.8, 4) is 11.1 Å². The van der Waals surface area contributed by atoms with E-state index in [0.717, 1.165) is 18.2 Å². The SMILES string of the molecule is [2H]C=C([2H])/C([2H])=C(\C([2H])=C\c1c([2H])c([2H])c(C([2H])=C[2H])c2c1c([2H])c([2H])c1cc([2H])c([2H])cc12)c1c([2H])c([2H])c2c(c1[2H])-c1c([2H])c([2H])c([2H])c3c(/C(C([2H])=C[2H])=C(\[2H])C([2H])=C[2H])c([2H])c([2H])c(c13)C2(C)C. The molecular weight excluding hydrogens is 565 g/mol. The van der Waals surface area contributed by atoms with Crippen LogP contribution in [-0.4, -0.2) is 0 Å². The van der Waals surface area contributed by atoms with Crippen molar-refractivity contribution in [3.63, 3.8) is 0 Å². The fourth-order valence-corrected chi connectivity index (χ4v) is 5.83. The fraction of sp³-hybridized carbons (Fsp3) is 0.0638. The largest absolute Gasteiger partial charge is 0.0990 e. The van der Waals surface area contributed by atoms with Crippen molar-refractivity contribution < 1.29 is 34.3 Å². The van der Waals surface area contributed by atoms with Gasteiger partial charge in [-0.15, -0.1) is 0 Å². The van der Waals surface area contributed by atoms with E-state index in [2.05, 4.69) is 0 Å². The van der Waals surface area contributed by atoms with Crippen LogP contribution in [0.3, 0.4) is 0 Å². The molecule has 226 valence electrons. The van der Waals surface area contributed by atoms with Crippen LogP contribution in [-0.2, 0) is 5.41 Å². The summed E-state index contributed by atoms with van der Waals surface area (Å²) < 4.78 is 221. The molecule has 47 heavy (non-hydrogen) atoms. The van der Waals surface area contributed by atoms with E-state index in [9.17, 15) is 15.1 Å². The Bertz CT molecular complexity index is 3700. The molecule has 0 aliphatic heterocycles. The maximum atomic E-state index is 9.94. The first kappa shape index (κ1) is 12.8. The Morgan fingerprint density at radius 1 is 0.702 bits per heavy atom. The fourth-order valence-electron chi connectivity index (χ4n) is 5.83. The van der Waals surface area contributed by atoms with Gasteiger partial charge in [-0.1, -0.05) is 179 Å². The van der Waals surface area contributed by atoms with Gasteiger partial charge in [0, 0.05) is 5.41 Å². The maximum absolute atomic E-state index is 9.94. The zero-order valence-electron chi connectivity index (χ0n) is 50.0. The monoisotopic (exact) mass is 627 g/mol. The van der Waals surface area contributed by atoms with Crippen molar-refractivity contribution in [1.82, 2.24) is 0 Å². The number of fused-ring (bicyclic) bond motifs is 5. The minimum atomic E-state index is -1.72. The van der Waals surface area contributed by atoms with Crippen molar-refractivity contribution in [3.05, 3.63) is 193 Å². The number of hydrogen-bond acceptors (Lipinski definition) is 0. The van der Waals surface area contributed by atoms with Gasteiger partial charge in [-0.25, -0.2) is 0 Å². The van der Waals surface area contributed by atoms with Gasteiger partial charge < -0.3 is 0 Å². The van der Waals surface area contributed by atoms with Gasteiger partial charge in [0.25, 0.3) is 0 Å². The second kappa shape index (κ2) is 11.9. The Balaban J connectivity index is 1.71. The molecule has 1 aliphatic carbocycles. The summed E-state index contributed by atoms with van der Waals surface area (Å²) in [5, 5.41) is -1.28. The van der Waals surface area contributed by atoms with Gasteiger partial charge in [-0.3, -0.25) is 0 Å². The third kappa shape index (κ3) is 4.85. The number of rotatable bonds is 8. The first-order chi connectivity index (χ1) is 33.6. The highest BCUT2D eigenvalue weighted by molar-refractivity contribution is 6.13. The first-order valence-corrected chi connectivity index (χ1v) is 14.1. The highest BCUT2D eigenvalue weighted by Gasteiger charge is 2.34. The zero-order valence-corrected chi connectivity index (χ0v) is 25.0. The highest BCUT2D eigenvalue weighted by atomic mass is 14.4. The molecule has 0 spiro atoms. The van der Waals surface area contributed by atoms with Crippen molar-refractivity contribution >= 4 is 55.6 Å². The minimum Gasteiger partial charge on any atom is -0.0990 e. The molecule has 0 saturated carbocycles. The lowest BCUT2D eigenvalue weighted by Gasteiger charge is -2.36. The molecule has 0 amide bonds. The van der Waals surface area contributed by atoms with Crippen LogP contribution < -0.4 is 0 Å². The van der Waals surface area contributed by atoms with Crippen LogP contribution in [0.1, 0.15) is 81.5 Å². The second-order valence-electron chi connectivity index (χ2n) is 10.9. The average Bonchev–Trinajstić information content (AvgIpc) is 3.34. The highest BCUT2D eigenvalue weighted by Crippen LogP contribution is 2.50. The summed E-state index contributed by atoms with van der Waals surface area (Å²) in [6.45, 7) is 4.82. The smallest absolute Gasteiger partial charge is 0.0636 e. The van der Waals surface area contributed by atoms with Crippen LogP contribution in [0.25, 0.3) is 66.7 Å². The summed E-state index contributed by atoms with van der Waals surface area (Å²) in [7, 11) is 0. The van der Waals surface area contributed by atoms with Gasteiger partial charge in [0.15, 0.2) is 0 Å². The van der Waals surface area contributed by atoms with Gasteiger partial charge in [0.1, 0.15) is 0 Å². The Kier molecular flexibility index (Phi) is 3.24. The van der Waals surface area contributed by atoms with Gasteiger partial charge in [0.2, 0.25) is 0 Å². The van der Waals surface area contributed by atoms with Crippen LogP contribution in [0.15, 0.2) is 159 Å². The van der Waals surface area contributed by atoms with Gasteiger partial charge >= 0.3 is 0 Å². The Morgan fingerprint density at radius 2 is 1.53 bits per heavy atom. The molecule has 0 bridgehead atoms. The molecule has 1 aliphatic rings. The lowest BCUT2D eigenvalue weighted by Crippen LogP contribution is -2.24. The molecule has 0 unspecified atom stereocenters. The van der Waals surface area contributed by atoms with Crippen molar-refractivity contribution in [2.75, 3.05) is 0 Å². The van der Waals surface area contributed by atoms with E-state index in [4.69, 9.17) is 19.2 Å². The van der Waals surface area contributed by atoms with Crippen molar-refractivity contribution in [2.24, 2.45) is 0 Å². The lowest BCUT2D eigenvalue weighted by molar-refractivity contribution is 0.645. The van der Waals surface area contributed by atoms with E-state index < -0.39 is 165 Å².